The molecule has 158 valence electrons. The third-order valence-electron chi connectivity index (χ3n) is 4.40. The number of rotatable bonds is 10. The number of carbonyl (C=O) groups is 2. The van der Waals surface area contributed by atoms with Gasteiger partial charge in [0.25, 0.3) is 0 Å². The summed E-state index contributed by atoms with van der Waals surface area (Å²) in [5.41, 5.74) is 6.03. The molecule has 0 fully saturated rings. The van der Waals surface area contributed by atoms with E-state index in [0.29, 0.717) is 10.2 Å². The number of primary amides is 1. The van der Waals surface area contributed by atoms with Crippen LogP contribution in [0.2, 0.25) is 5.02 Å². The average molecular weight is 438 g/mol. The quantitative estimate of drug-likeness (QED) is 0.421. The maximum atomic E-state index is 12.4. The fraction of sp³-hybridized carbons (Fsp3) is 0.500. The molecule has 0 aliphatic rings. The van der Waals surface area contributed by atoms with Crippen molar-refractivity contribution in [3.8, 4) is 11.4 Å². The van der Waals surface area contributed by atoms with E-state index in [1.165, 1.54) is 11.8 Å². The summed E-state index contributed by atoms with van der Waals surface area (Å²) in [5, 5.41) is 11.7. The molecule has 0 saturated heterocycles. The Bertz CT molecular complexity index is 823. The third kappa shape index (κ3) is 6.75. The molecule has 1 heterocycles. The topological polar surface area (TPSA) is 103 Å². The molecule has 1 aromatic carbocycles. The number of unbranched alkanes of at least 4 members (excludes halogenated alkanes) is 3. The first-order chi connectivity index (χ1) is 13.8. The number of imide groups is 1. The third-order valence-corrected chi connectivity index (χ3v) is 6.17. The van der Waals surface area contributed by atoms with Crippen molar-refractivity contribution in [1.29, 1.82) is 0 Å². The summed E-state index contributed by atoms with van der Waals surface area (Å²) in [6, 6.07) is 6.59. The van der Waals surface area contributed by atoms with E-state index in [-0.39, 0.29) is 5.92 Å². The van der Waals surface area contributed by atoms with Gasteiger partial charge < -0.3 is 10.3 Å². The second kappa shape index (κ2) is 11.2. The maximum Gasteiger partial charge on any atom is 0.318 e. The lowest BCUT2D eigenvalue weighted by Crippen LogP contribution is -2.42. The lowest BCUT2D eigenvalue weighted by Gasteiger charge is -2.19. The van der Waals surface area contributed by atoms with E-state index in [1.807, 2.05) is 42.7 Å². The minimum atomic E-state index is -0.857. The fourth-order valence-electron chi connectivity index (χ4n) is 2.89. The van der Waals surface area contributed by atoms with Gasteiger partial charge in [0.2, 0.25) is 5.91 Å². The monoisotopic (exact) mass is 437 g/mol. The molecular weight excluding hydrogens is 410 g/mol. The highest BCUT2D eigenvalue weighted by Crippen LogP contribution is 2.31. The van der Waals surface area contributed by atoms with Crippen LogP contribution in [0.5, 0.6) is 0 Å². The largest absolute Gasteiger partial charge is 0.351 e. The average Bonchev–Trinajstić information content (AvgIpc) is 3.05. The molecule has 1 unspecified atom stereocenters. The van der Waals surface area contributed by atoms with Gasteiger partial charge in [-0.15, -0.1) is 10.2 Å². The van der Waals surface area contributed by atoms with Crippen LogP contribution in [-0.4, -0.2) is 32.0 Å². The van der Waals surface area contributed by atoms with Crippen molar-refractivity contribution in [2.24, 2.45) is 11.7 Å². The van der Waals surface area contributed by atoms with Crippen LogP contribution in [0.3, 0.4) is 0 Å². The lowest BCUT2D eigenvalue weighted by molar-refractivity contribution is -0.120. The SMILES string of the molecule is CCCCCCn1c(SC(C(=O)NC(N)=O)C(C)C)nnc1-c1ccc(Cl)cc1. The summed E-state index contributed by atoms with van der Waals surface area (Å²) in [4.78, 5) is 23.5. The van der Waals surface area contributed by atoms with E-state index >= 15 is 0 Å². The molecule has 3 amide bonds. The zero-order valence-corrected chi connectivity index (χ0v) is 18.6. The second-order valence-electron chi connectivity index (χ2n) is 7.16. The number of nitrogens with zero attached hydrogens (tertiary/aromatic N) is 3. The Morgan fingerprint density at radius 2 is 1.86 bits per heavy atom. The van der Waals surface area contributed by atoms with Crippen molar-refractivity contribution in [3.05, 3.63) is 29.3 Å². The molecule has 0 saturated carbocycles. The number of urea groups is 1. The van der Waals surface area contributed by atoms with Gasteiger partial charge in [0.1, 0.15) is 0 Å². The molecule has 2 aromatic rings. The summed E-state index contributed by atoms with van der Waals surface area (Å²) < 4.78 is 2.04. The Morgan fingerprint density at radius 1 is 1.17 bits per heavy atom. The molecule has 0 radical (unpaired) electrons. The Balaban J connectivity index is 2.32. The summed E-state index contributed by atoms with van der Waals surface area (Å²) in [6.45, 7) is 6.75. The Labute approximate surface area is 180 Å². The van der Waals surface area contributed by atoms with Crippen LogP contribution in [0.25, 0.3) is 11.4 Å². The van der Waals surface area contributed by atoms with Crippen LogP contribution in [-0.2, 0) is 11.3 Å². The zero-order valence-electron chi connectivity index (χ0n) is 17.0. The highest BCUT2D eigenvalue weighted by molar-refractivity contribution is 8.00. The number of nitrogens with one attached hydrogen (secondary N) is 1. The second-order valence-corrected chi connectivity index (χ2v) is 8.71. The predicted octanol–water partition coefficient (Wildman–Crippen LogP) is 4.49. The first kappa shape index (κ1) is 23.2. The Hall–Kier alpha value is -2.06. The number of nitrogens with two attached hydrogens (primary N) is 1. The number of hydrogen-bond donors (Lipinski definition) is 2. The maximum absolute atomic E-state index is 12.4. The predicted molar refractivity (Wildman–Crippen MR) is 117 cm³/mol. The molecular formula is C20H28ClN5O2S. The molecule has 0 aliphatic heterocycles. The summed E-state index contributed by atoms with van der Waals surface area (Å²) in [7, 11) is 0. The minimum absolute atomic E-state index is 0.0245. The molecule has 0 bridgehead atoms. The molecule has 1 atom stereocenters. The van der Waals surface area contributed by atoms with Crippen molar-refractivity contribution < 1.29 is 9.59 Å². The zero-order chi connectivity index (χ0) is 21.4. The van der Waals surface area contributed by atoms with Gasteiger partial charge in [-0.25, -0.2) is 4.79 Å². The number of benzene rings is 1. The van der Waals surface area contributed by atoms with E-state index < -0.39 is 17.2 Å². The molecule has 1 aromatic heterocycles. The van der Waals surface area contributed by atoms with Crippen LogP contribution in [0.4, 0.5) is 4.79 Å². The smallest absolute Gasteiger partial charge is 0.318 e. The normalized spacial score (nSPS) is 12.2. The van der Waals surface area contributed by atoms with Crippen molar-refractivity contribution in [2.75, 3.05) is 0 Å². The highest BCUT2D eigenvalue weighted by Gasteiger charge is 2.27. The van der Waals surface area contributed by atoms with Crippen molar-refractivity contribution >= 4 is 35.3 Å². The molecule has 0 spiro atoms. The van der Waals surface area contributed by atoms with Gasteiger partial charge in [0, 0.05) is 17.1 Å². The molecule has 2 rings (SSSR count). The van der Waals surface area contributed by atoms with Crippen LogP contribution in [0.1, 0.15) is 46.5 Å². The van der Waals surface area contributed by atoms with Gasteiger partial charge in [0.05, 0.1) is 5.25 Å². The number of halogens is 1. The summed E-state index contributed by atoms with van der Waals surface area (Å²) in [6.07, 6.45) is 4.40. The number of hydrogen-bond acceptors (Lipinski definition) is 5. The van der Waals surface area contributed by atoms with Crippen molar-refractivity contribution in [2.45, 2.75) is 63.4 Å². The summed E-state index contributed by atoms with van der Waals surface area (Å²) >= 11 is 7.31. The van der Waals surface area contributed by atoms with Crippen molar-refractivity contribution in [1.82, 2.24) is 20.1 Å². The van der Waals surface area contributed by atoms with Crippen LogP contribution in [0.15, 0.2) is 29.4 Å². The first-order valence-electron chi connectivity index (χ1n) is 9.79. The minimum Gasteiger partial charge on any atom is -0.351 e. The fourth-order valence-corrected chi connectivity index (χ4v) is 4.07. The van der Waals surface area contributed by atoms with Crippen LogP contribution < -0.4 is 11.1 Å². The Kier molecular flexibility index (Phi) is 8.98. The van der Waals surface area contributed by atoms with Gasteiger partial charge in [0.15, 0.2) is 11.0 Å². The van der Waals surface area contributed by atoms with Crippen LogP contribution >= 0.6 is 23.4 Å². The number of carbonyl (C=O) groups excluding carboxylic acids is 2. The molecule has 29 heavy (non-hydrogen) atoms. The molecule has 0 aliphatic carbocycles. The van der Waals surface area contributed by atoms with Gasteiger partial charge in [-0.1, -0.05) is 63.4 Å². The van der Waals surface area contributed by atoms with Crippen molar-refractivity contribution in [3.63, 3.8) is 0 Å². The van der Waals surface area contributed by atoms with Gasteiger partial charge in [-0.2, -0.15) is 0 Å². The van der Waals surface area contributed by atoms with Gasteiger partial charge in [-0.3, -0.25) is 10.1 Å². The Morgan fingerprint density at radius 3 is 2.45 bits per heavy atom. The highest BCUT2D eigenvalue weighted by atomic mass is 35.5. The van der Waals surface area contributed by atoms with E-state index in [4.69, 9.17) is 17.3 Å². The standard InChI is InChI=1S/C20H28ClN5O2S/c1-4-5-6-7-12-26-17(14-8-10-15(21)11-9-14)24-25-20(26)29-16(13(2)3)18(27)23-19(22)28/h8-11,13,16H,4-7,12H2,1-3H3,(H3,22,23,27,28). The lowest BCUT2D eigenvalue weighted by atomic mass is 10.1. The van der Waals surface area contributed by atoms with Gasteiger partial charge in [-0.05, 0) is 36.6 Å². The number of thioether (sulfide) groups is 1. The molecule has 9 heteroatoms. The van der Waals surface area contributed by atoms with E-state index in [2.05, 4.69) is 22.4 Å². The molecule has 3 N–H and O–H groups in total. The van der Waals surface area contributed by atoms with E-state index in [1.54, 1.807) is 0 Å². The van der Waals surface area contributed by atoms with E-state index in [9.17, 15) is 9.59 Å². The molecule has 7 nitrogen and oxygen atoms in total. The summed E-state index contributed by atoms with van der Waals surface area (Å²) in [5.74, 6) is 0.285. The van der Waals surface area contributed by atoms with E-state index in [0.717, 1.165) is 43.6 Å². The first-order valence-corrected chi connectivity index (χ1v) is 11.0. The van der Waals surface area contributed by atoms with Crippen LogP contribution in [0, 0.1) is 5.92 Å². The van der Waals surface area contributed by atoms with Gasteiger partial charge >= 0.3 is 6.03 Å². The number of amides is 3. The number of aromatic nitrogens is 3.